The lowest BCUT2D eigenvalue weighted by Gasteiger charge is -2.46. The Hall–Kier alpha value is -3.39. The predicted molar refractivity (Wildman–Crippen MR) is 124 cm³/mol. The largest absolute Gasteiger partial charge is 0.350 e. The van der Waals surface area contributed by atoms with E-state index in [1.165, 1.54) is 16.8 Å². The molecule has 3 atom stereocenters. The number of piperazine rings is 1. The molecule has 0 bridgehead atoms. The van der Waals surface area contributed by atoms with Crippen LogP contribution >= 0.6 is 0 Å². The number of hydrogen-bond acceptors (Lipinski definition) is 7. The molecular formula is C23H28F2N8O. The van der Waals surface area contributed by atoms with Crippen LogP contribution in [-0.2, 0) is 20.5 Å². The van der Waals surface area contributed by atoms with Crippen LogP contribution in [0, 0.1) is 11.3 Å². The number of hydrogen-bond donors (Lipinski definition) is 0. The number of halogens is 2. The van der Waals surface area contributed by atoms with Gasteiger partial charge in [0, 0.05) is 57.1 Å². The van der Waals surface area contributed by atoms with Gasteiger partial charge in [-0.15, -0.1) is 0 Å². The third-order valence-electron chi connectivity index (χ3n) is 6.71. The fraction of sp³-hybridized carbons (Fsp3) is 0.522. The van der Waals surface area contributed by atoms with Crippen LogP contribution in [0.4, 0.5) is 14.6 Å². The Morgan fingerprint density at radius 3 is 2.50 bits per heavy atom. The molecule has 1 aliphatic rings. The van der Waals surface area contributed by atoms with E-state index in [0.717, 1.165) is 5.69 Å². The van der Waals surface area contributed by atoms with E-state index >= 15 is 0 Å². The van der Waals surface area contributed by atoms with Gasteiger partial charge in [0.1, 0.15) is 17.0 Å². The maximum Gasteiger partial charge on any atom is 0.350 e. The molecule has 34 heavy (non-hydrogen) atoms. The lowest BCUT2D eigenvalue weighted by atomic mass is 10.0. The number of nitrogens with zero attached hydrogens (tertiary/aromatic N) is 8. The first-order valence-electron chi connectivity index (χ1n) is 11.2. The van der Waals surface area contributed by atoms with E-state index in [4.69, 9.17) is 5.26 Å². The molecule has 0 spiro atoms. The Bertz CT molecular complexity index is 1290. The average Bonchev–Trinajstić information content (AvgIpc) is 3.13. The number of aromatic nitrogens is 5. The monoisotopic (exact) mass is 470 g/mol. The van der Waals surface area contributed by atoms with Gasteiger partial charge in [0.15, 0.2) is 5.82 Å². The fourth-order valence-electron chi connectivity index (χ4n) is 4.76. The van der Waals surface area contributed by atoms with E-state index in [2.05, 4.69) is 44.7 Å². The van der Waals surface area contributed by atoms with Gasteiger partial charge in [0.25, 0.3) is 6.43 Å². The van der Waals surface area contributed by atoms with Crippen molar-refractivity contribution in [2.24, 2.45) is 14.1 Å². The second-order valence-corrected chi connectivity index (χ2v) is 8.91. The van der Waals surface area contributed by atoms with Crippen molar-refractivity contribution in [2.75, 3.05) is 18.0 Å². The van der Waals surface area contributed by atoms with E-state index in [1.54, 1.807) is 24.7 Å². The molecule has 11 heteroatoms. The Labute approximate surface area is 196 Å². The first-order valence-corrected chi connectivity index (χ1v) is 11.2. The predicted octanol–water partition coefficient (Wildman–Crippen LogP) is 2.73. The molecule has 1 saturated heterocycles. The summed E-state index contributed by atoms with van der Waals surface area (Å²) >= 11 is 0. The van der Waals surface area contributed by atoms with Crippen molar-refractivity contribution in [1.29, 1.82) is 5.26 Å². The van der Waals surface area contributed by atoms with Crippen LogP contribution in [-0.4, -0.2) is 54.2 Å². The molecule has 1 unspecified atom stereocenters. The van der Waals surface area contributed by atoms with Crippen LogP contribution in [0.2, 0.25) is 0 Å². The molecule has 0 aliphatic carbocycles. The Kier molecular flexibility index (Phi) is 6.36. The van der Waals surface area contributed by atoms with Gasteiger partial charge in [-0.05, 0) is 32.9 Å². The van der Waals surface area contributed by atoms with Crippen molar-refractivity contribution in [3.63, 3.8) is 0 Å². The first-order chi connectivity index (χ1) is 16.1. The topological polar surface area (TPSA) is 95.9 Å². The quantitative estimate of drug-likeness (QED) is 0.566. The third kappa shape index (κ3) is 4.03. The number of aryl methyl sites for hydroxylation is 2. The molecule has 0 aromatic carbocycles. The van der Waals surface area contributed by atoms with Crippen molar-refractivity contribution >= 4 is 17.0 Å². The van der Waals surface area contributed by atoms with Gasteiger partial charge in [-0.2, -0.15) is 10.2 Å². The lowest BCUT2D eigenvalue weighted by Crippen LogP contribution is -2.57. The highest BCUT2D eigenvalue weighted by molar-refractivity contribution is 5.84. The number of alkyl halides is 2. The standard InChI is InChI=1S/C23H28F2N8O/c1-13-12-33(14(2)11-32(13)15(3)17-7-6-16(10-27-17)20(24)25)21-19-22(31(5)23(34)29-21)30(4)18(28-19)8-9-26/h6-7,10,13-15,20H,8,11-12H2,1-5H3/t13-,14+,15?/m1/s1. The summed E-state index contributed by atoms with van der Waals surface area (Å²) in [5.41, 5.74) is 1.48. The van der Waals surface area contributed by atoms with Gasteiger partial charge in [-0.25, -0.2) is 18.6 Å². The Morgan fingerprint density at radius 2 is 1.88 bits per heavy atom. The number of pyridine rings is 1. The van der Waals surface area contributed by atoms with Gasteiger partial charge < -0.3 is 9.47 Å². The summed E-state index contributed by atoms with van der Waals surface area (Å²) in [6.45, 7) is 7.42. The van der Waals surface area contributed by atoms with E-state index in [0.29, 0.717) is 35.9 Å². The summed E-state index contributed by atoms with van der Waals surface area (Å²) in [5, 5.41) is 9.16. The molecule has 3 aromatic heterocycles. The van der Waals surface area contributed by atoms with Crippen molar-refractivity contribution in [3.8, 4) is 6.07 Å². The number of rotatable bonds is 5. The normalized spacial score (nSPS) is 20.1. The van der Waals surface area contributed by atoms with Crippen LogP contribution in [0.5, 0.6) is 0 Å². The highest BCUT2D eigenvalue weighted by atomic mass is 19.3. The molecule has 4 rings (SSSR count). The SMILES string of the molecule is CC(c1ccc(C(F)F)cn1)N1C[C@H](C)N(c2nc(=O)n(C)c3c2nc(CC#N)n3C)C[C@H]1C. The summed E-state index contributed by atoms with van der Waals surface area (Å²) < 4.78 is 29.0. The van der Waals surface area contributed by atoms with Crippen LogP contribution in [0.15, 0.2) is 23.1 Å². The molecule has 0 N–H and O–H groups in total. The maximum absolute atomic E-state index is 12.9. The summed E-state index contributed by atoms with van der Waals surface area (Å²) in [4.78, 5) is 30.3. The summed E-state index contributed by atoms with van der Waals surface area (Å²) in [6, 6.07) is 5.21. The maximum atomic E-state index is 12.9. The van der Waals surface area contributed by atoms with Gasteiger partial charge in [0.2, 0.25) is 0 Å². The third-order valence-corrected chi connectivity index (χ3v) is 6.71. The van der Waals surface area contributed by atoms with E-state index in [-0.39, 0.29) is 35.8 Å². The molecule has 180 valence electrons. The minimum absolute atomic E-state index is 0.00298. The summed E-state index contributed by atoms with van der Waals surface area (Å²) in [6.07, 6.45) is -1.17. The van der Waals surface area contributed by atoms with Crippen molar-refractivity contribution in [1.82, 2.24) is 29.0 Å². The lowest BCUT2D eigenvalue weighted by molar-refractivity contribution is 0.116. The number of imidazole rings is 1. The zero-order valence-corrected chi connectivity index (χ0v) is 19.9. The summed E-state index contributed by atoms with van der Waals surface area (Å²) in [7, 11) is 3.44. The molecule has 0 radical (unpaired) electrons. The number of anilines is 1. The van der Waals surface area contributed by atoms with Crippen molar-refractivity contribution < 1.29 is 8.78 Å². The fourth-order valence-corrected chi connectivity index (χ4v) is 4.76. The zero-order chi connectivity index (χ0) is 24.7. The van der Waals surface area contributed by atoms with Crippen LogP contribution in [0.25, 0.3) is 11.2 Å². The van der Waals surface area contributed by atoms with Gasteiger partial charge >= 0.3 is 5.69 Å². The number of nitriles is 1. The molecule has 0 saturated carbocycles. The van der Waals surface area contributed by atoms with Crippen molar-refractivity contribution in [2.45, 2.75) is 51.7 Å². The van der Waals surface area contributed by atoms with Crippen LogP contribution < -0.4 is 10.6 Å². The highest BCUT2D eigenvalue weighted by Crippen LogP contribution is 2.31. The molecule has 3 aromatic rings. The average molecular weight is 471 g/mol. The molecule has 4 heterocycles. The Balaban J connectivity index is 1.65. The smallest absolute Gasteiger partial charge is 0.349 e. The second kappa shape index (κ2) is 9.10. The first kappa shape index (κ1) is 23.8. The van der Waals surface area contributed by atoms with Gasteiger partial charge in [0.05, 0.1) is 18.2 Å². The van der Waals surface area contributed by atoms with Crippen LogP contribution in [0.3, 0.4) is 0 Å². The van der Waals surface area contributed by atoms with E-state index < -0.39 is 6.43 Å². The molecule has 9 nitrogen and oxygen atoms in total. The molecule has 1 aliphatic heterocycles. The van der Waals surface area contributed by atoms with Gasteiger partial charge in [-0.3, -0.25) is 14.5 Å². The van der Waals surface area contributed by atoms with E-state index in [1.807, 2.05) is 6.92 Å². The second-order valence-electron chi connectivity index (χ2n) is 8.91. The minimum Gasteiger partial charge on any atom is -0.349 e. The van der Waals surface area contributed by atoms with E-state index in [9.17, 15) is 13.6 Å². The minimum atomic E-state index is -2.54. The zero-order valence-electron chi connectivity index (χ0n) is 19.9. The molecule has 1 fully saturated rings. The Morgan fingerprint density at radius 1 is 1.15 bits per heavy atom. The van der Waals surface area contributed by atoms with Crippen molar-refractivity contribution in [3.05, 3.63) is 45.9 Å². The highest BCUT2D eigenvalue weighted by Gasteiger charge is 2.35. The molecule has 0 amide bonds. The molecular weight excluding hydrogens is 442 g/mol. The number of fused-ring (bicyclic) bond motifs is 1. The van der Waals surface area contributed by atoms with Crippen LogP contribution in [0.1, 0.15) is 50.3 Å². The van der Waals surface area contributed by atoms with Gasteiger partial charge in [-0.1, -0.05) is 0 Å². The summed E-state index contributed by atoms with van der Waals surface area (Å²) in [5.74, 6) is 1.09.